The standard InChI is InChI=1S/C48H48N2/c1-33(34(2)32-49-43-15-5-4-6-16-43)17-18-35(3)50(44-25-23-38(24-26-44)41-21-19-36-11-7-9-13-39(36)29-41)45-27-28-46-47(31-45)48(46)42-22-20-37-12-8-10-14-40(37)30-42/h4-15,17-25,29-30,32,44-48H,16,26-28,31H2,1-3H3/b33-17+,34-32+,35-18+,49-43-/t44?,45?,46?,47-,48?/m0/s1. The minimum Gasteiger partial charge on any atom is -0.365 e. The molecule has 4 aromatic carbocycles. The van der Waals surface area contributed by atoms with Gasteiger partial charge in [0.05, 0.1) is 6.04 Å². The summed E-state index contributed by atoms with van der Waals surface area (Å²) in [6, 6.07) is 32.4. The Balaban J connectivity index is 1.04. The smallest absolute Gasteiger partial charge is 0.0511 e. The molecule has 4 aliphatic rings. The topological polar surface area (TPSA) is 15.6 Å². The molecule has 2 saturated carbocycles. The fraction of sp³-hybridized carbons (Fsp3) is 0.271. The predicted molar refractivity (Wildman–Crippen MR) is 214 cm³/mol. The van der Waals surface area contributed by atoms with Gasteiger partial charge in [-0.25, -0.2) is 0 Å². The van der Waals surface area contributed by atoms with Crippen molar-refractivity contribution in [3.05, 3.63) is 174 Å². The van der Waals surface area contributed by atoms with Crippen molar-refractivity contribution in [1.29, 1.82) is 0 Å². The van der Waals surface area contributed by atoms with E-state index in [1.807, 2.05) is 6.20 Å². The second-order valence-electron chi connectivity index (χ2n) is 14.8. The predicted octanol–water partition coefficient (Wildman–Crippen LogP) is 12.3. The molecule has 0 radical (unpaired) electrons. The van der Waals surface area contributed by atoms with Crippen molar-refractivity contribution in [1.82, 2.24) is 4.90 Å². The van der Waals surface area contributed by atoms with Crippen LogP contribution in [0.5, 0.6) is 0 Å². The summed E-state index contributed by atoms with van der Waals surface area (Å²) in [6.45, 7) is 6.71. The van der Waals surface area contributed by atoms with Crippen LogP contribution in [0.15, 0.2) is 168 Å². The van der Waals surface area contributed by atoms with Crippen molar-refractivity contribution in [2.24, 2.45) is 16.8 Å². The molecule has 4 unspecified atom stereocenters. The molecule has 0 heterocycles. The lowest BCUT2D eigenvalue weighted by atomic mass is 9.89. The Morgan fingerprint density at radius 3 is 2.24 bits per heavy atom. The van der Waals surface area contributed by atoms with Gasteiger partial charge in [0.15, 0.2) is 0 Å². The average Bonchev–Trinajstić information content (AvgIpc) is 3.90. The van der Waals surface area contributed by atoms with Gasteiger partial charge < -0.3 is 4.90 Å². The summed E-state index contributed by atoms with van der Waals surface area (Å²) in [7, 11) is 0. The van der Waals surface area contributed by atoms with Crippen LogP contribution in [0.25, 0.3) is 27.1 Å². The first-order valence-electron chi connectivity index (χ1n) is 18.6. The second-order valence-corrected chi connectivity index (χ2v) is 14.8. The van der Waals surface area contributed by atoms with E-state index in [0.29, 0.717) is 18.0 Å². The molecule has 50 heavy (non-hydrogen) atoms. The van der Waals surface area contributed by atoms with Gasteiger partial charge in [-0.1, -0.05) is 121 Å². The van der Waals surface area contributed by atoms with Gasteiger partial charge >= 0.3 is 0 Å². The maximum atomic E-state index is 4.75. The van der Waals surface area contributed by atoms with Crippen LogP contribution in [-0.4, -0.2) is 22.7 Å². The first-order chi connectivity index (χ1) is 24.5. The van der Waals surface area contributed by atoms with Crippen LogP contribution in [0.2, 0.25) is 0 Å². The van der Waals surface area contributed by atoms with Crippen LogP contribution in [0.4, 0.5) is 0 Å². The molecule has 250 valence electrons. The largest absolute Gasteiger partial charge is 0.365 e. The van der Waals surface area contributed by atoms with Crippen LogP contribution in [-0.2, 0) is 0 Å². The van der Waals surface area contributed by atoms with E-state index in [0.717, 1.165) is 30.4 Å². The number of rotatable bonds is 8. The van der Waals surface area contributed by atoms with E-state index in [-0.39, 0.29) is 0 Å². The van der Waals surface area contributed by atoms with Crippen molar-refractivity contribution in [3.63, 3.8) is 0 Å². The van der Waals surface area contributed by atoms with Crippen LogP contribution >= 0.6 is 0 Å². The fourth-order valence-electron chi connectivity index (χ4n) is 8.70. The molecule has 2 fully saturated rings. The van der Waals surface area contributed by atoms with E-state index in [1.165, 1.54) is 68.8 Å². The van der Waals surface area contributed by atoms with Gasteiger partial charge in [0.25, 0.3) is 0 Å². The molecule has 5 atom stereocenters. The lowest BCUT2D eigenvalue weighted by Crippen LogP contribution is -2.42. The highest BCUT2D eigenvalue weighted by Crippen LogP contribution is 2.62. The first-order valence-corrected chi connectivity index (χ1v) is 18.6. The molecular weight excluding hydrogens is 605 g/mol. The van der Waals surface area contributed by atoms with E-state index in [1.54, 1.807) is 5.56 Å². The van der Waals surface area contributed by atoms with E-state index in [2.05, 4.69) is 165 Å². The molecule has 4 aliphatic carbocycles. The highest BCUT2D eigenvalue weighted by Gasteiger charge is 2.54. The molecular formula is C48H48N2. The van der Waals surface area contributed by atoms with Crippen molar-refractivity contribution in [2.75, 3.05) is 0 Å². The van der Waals surface area contributed by atoms with Gasteiger partial charge in [-0.3, -0.25) is 4.99 Å². The third-order valence-corrected chi connectivity index (χ3v) is 11.7. The Labute approximate surface area is 298 Å². The summed E-state index contributed by atoms with van der Waals surface area (Å²) in [5.74, 6) is 2.29. The van der Waals surface area contributed by atoms with Crippen molar-refractivity contribution >= 4 is 32.8 Å². The van der Waals surface area contributed by atoms with Crippen molar-refractivity contribution in [3.8, 4) is 0 Å². The van der Waals surface area contributed by atoms with Gasteiger partial charge in [0.1, 0.15) is 0 Å². The molecule has 0 bridgehead atoms. The van der Waals surface area contributed by atoms with E-state index in [4.69, 9.17) is 4.99 Å². The Morgan fingerprint density at radius 1 is 0.740 bits per heavy atom. The zero-order chi connectivity index (χ0) is 34.0. The molecule has 0 saturated heterocycles. The molecule has 0 N–H and O–H groups in total. The lowest BCUT2D eigenvalue weighted by Gasteiger charge is -2.42. The highest BCUT2D eigenvalue weighted by molar-refractivity contribution is 5.97. The Bertz CT molecular complexity index is 2160. The molecule has 0 spiro atoms. The molecule has 2 heteroatoms. The SMILES string of the molecule is CC(=C\C=C(/C)N(C1C=CC(c2ccc3ccccc3c2)=CC1)C1CCC2C(c3ccc4ccccc4c3)[C@H]2C1)/C(C)=C/N=C1/C=CC=CC1. The number of fused-ring (bicyclic) bond motifs is 3. The molecule has 2 nitrogen and oxygen atoms in total. The Morgan fingerprint density at radius 2 is 1.50 bits per heavy atom. The fourth-order valence-corrected chi connectivity index (χ4v) is 8.70. The van der Waals surface area contributed by atoms with E-state index >= 15 is 0 Å². The highest BCUT2D eigenvalue weighted by atomic mass is 15.2. The normalized spacial score (nSPS) is 26.0. The third kappa shape index (κ3) is 6.77. The van der Waals surface area contributed by atoms with Gasteiger partial charge in [-0.05, 0) is 132 Å². The van der Waals surface area contributed by atoms with E-state index in [9.17, 15) is 0 Å². The summed E-state index contributed by atoms with van der Waals surface area (Å²) in [5, 5.41) is 5.31. The summed E-state index contributed by atoms with van der Waals surface area (Å²) in [5.41, 5.74) is 9.10. The van der Waals surface area contributed by atoms with Crippen LogP contribution < -0.4 is 0 Å². The third-order valence-electron chi connectivity index (χ3n) is 11.7. The molecule has 0 amide bonds. The quantitative estimate of drug-likeness (QED) is 0.173. The number of aliphatic imine (C=N–C) groups is 1. The first kappa shape index (κ1) is 32.3. The minimum atomic E-state index is 0.345. The number of benzene rings is 4. The molecule has 8 rings (SSSR count). The molecule has 0 aliphatic heterocycles. The van der Waals surface area contributed by atoms with Crippen molar-refractivity contribution < 1.29 is 0 Å². The maximum absolute atomic E-state index is 4.75. The molecule has 0 aromatic heterocycles. The summed E-state index contributed by atoms with van der Waals surface area (Å²) in [4.78, 5) is 7.53. The van der Waals surface area contributed by atoms with Gasteiger partial charge in [0, 0.05) is 30.1 Å². The number of hydrogen-bond donors (Lipinski definition) is 0. The molecule has 4 aromatic rings. The summed E-state index contributed by atoms with van der Waals surface area (Å²) < 4.78 is 0. The van der Waals surface area contributed by atoms with E-state index < -0.39 is 0 Å². The lowest BCUT2D eigenvalue weighted by molar-refractivity contribution is 0.164. The van der Waals surface area contributed by atoms with Crippen LogP contribution in [0.1, 0.15) is 69.9 Å². The second kappa shape index (κ2) is 14.1. The zero-order valence-electron chi connectivity index (χ0n) is 29.7. The zero-order valence-corrected chi connectivity index (χ0v) is 29.7. The number of allylic oxidation sites excluding steroid dienone is 11. The minimum absolute atomic E-state index is 0.345. The Kier molecular flexibility index (Phi) is 9.11. The van der Waals surface area contributed by atoms with Crippen LogP contribution in [0, 0.1) is 11.8 Å². The Hall–Kier alpha value is -4.95. The van der Waals surface area contributed by atoms with Gasteiger partial charge in [0.2, 0.25) is 0 Å². The van der Waals surface area contributed by atoms with Crippen LogP contribution in [0.3, 0.4) is 0 Å². The number of nitrogens with zero attached hydrogens (tertiary/aromatic N) is 2. The van der Waals surface area contributed by atoms with Crippen molar-refractivity contribution in [2.45, 2.75) is 70.9 Å². The maximum Gasteiger partial charge on any atom is 0.0511 e. The van der Waals surface area contributed by atoms with Gasteiger partial charge in [-0.2, -0.15) is 0 Å². The average molecular weight is 653 g/mol. The van der Waals surface area contributed by atoms with Gasteiger partial charge in [-0.15, -0.1) is 0 Å². The number of hydrogen-bond acceptors (Lipinski definition) is 2. The monoisotopic (exact) mass is 652 g/mol. The summed E-state index contributed by atoms with van der Waals surface area (Å²) >= 11 is 0. The summed E-state index contributed by atoms with van der Waals surface area (Å²) in [6.07, 6.45) is 28.2.